The van der Waals surface area contributed by atoms with Gasteiger partial charge in [0.15, 0.2) is 11.0 Å². The molecule has 5 heteroatoms. The van der Waals surface area contributed by atoms with Crippen LogP contribution >= 0.6 is 11.6 Å². The summed E-state index contributed by atoms with van der Waals surface area (Å²) < 4.78 is 0. The lowest BCUT2D eigenvalue weighted by atomic mass is 10.1. The number of benzene rings is 1. The van der Waals surface area contributed by atoms with E-state index in [1.54, 1.807) is 18.3 Å². The molecule has 0 amide bonds. The van der Waals surface area contributed by atoms with Gasteiger partial charge in [-0.15, -0.1) is 10.2 Å². The summed E-state index contributed by atoms with van der Waals surface area (Å²) >= 11 is 5.63. The van der Waals surface area contributed by atoms with E-state index < -0.39 is 0 Å². The number of anilines is 1. The van der Waals surface area contributed by atoms with Gasteiger partial charge in [-0.25, -0.2) is 0 Å². The maximum absolute atomic E-state index is 5.63. The minimum Gasteiger partial charge on any atom is -0.260 e. The number of aryl methyl sites for hydroxylation is 1. The number of aromatic nitrogens is 2. The van der Waals surface area contributed by atoms with Crippen LogP contribution < -0.4 is 5.43 Å². The molecule has 2 rings (SSSR count). The van der Waals surface area contributed by atoms with Crippen molar-refractivity contribution in [2.45, 2.75) is 13.3 Å². The van der Waals surface area contributed by atoms with Gasteiger partial charge in [0.2, 0.25) is 0 Å². The molecule has 2 aromatic rings. The summed E-state index contributed by atoms with van der Waals surface area (Å²) in [5.74, 6) is 0.556. The second kappa shape index (κ2) is 6.12. The highest BCUT2D eigenvalue weighted by Crippen LogP contribution is 2.06. The second-order valence-electron chi connectivity index (χ2n) is 3.71. The molecule has 1 N–H and O–H groups in total. The van der Waals surface area contributed by atoms with E-state index in [-0.39, 0.29) is 0 Å². The summed E-state index contributed by atoms with van der Waals surface area (Å²) in [6.07, 6.45) is 2.77. The zero-order valence-corrected chi connectivity index (χ0v) is 10.7. The van der Waals surface area contributed by atoms with Gasteiger partial charge in [0.05, 0.1) is 6.21 Å². The minimum atomic E-state index is 0.361. The van der Waals surface area contributed by atoms with Crippen LogP contribution in [0.25, 0.3) is 0 Å². The Labute approximate surface area is 111 Å². The third kappa shape index (κ3) is 3.53. The molecule has 1 aromatic heterocycles. The number of nitrogens with one attached hydrogen (secondary N) is 1. The standard InChI is InChI=1S/C13H13ClN4/c1-2-10-3-5-11(6-4-10)9-15-17-13-8-7-12(14)16-18-13/h3-9H,2H2,1H3,(H,17,18)/b15-9+. The molecule has 0 aliphatic carbocycles. The molecule has 4 nitrogen and oxygen atoms in total. The number of rotatable bonds is 4. The van der Waals surface area contributed by atoms with E-state index in [2.05, 4.69) is 39.8 Å². The van der Waals surface area contributed by atoms with E-state index in [4.69, 9.17) is 11.6 Å². The van der Waals surface area contributed by atoms with E-state index in [1.807, 2.05) is 12.1 Å². The van der Waals surface area contributed by atoms with Crippen molar-refractivity contribution in [1.29, 1.82) is 0 Å². The number of nitrogens with zero attached hydrogens (tertiary/aromatic N) is 3. The van der Waals surface area contributed by atoms with Crippen LogP contribution in [0.15, 0.2) is 41.5 Å². The van der Waals surface area contributed by atoms with Crippen LogP contribution in [0.3, 0.4) is 0 Å². The maximum Gasteiger partial charge on any atom is 0.168 e. The normalized spacial score (nSPS) is 10.8. The molecule has 0 unspecified atom stereocenters. The van der Waals surface area contributed by atoms with Crippen LogP contribution in [0.5, 0.6) is 0 Å². The van der Waals surface area contributed by atoms with Crippen molar-refractivity contribution in [1.82, 2.24) is 10.2 Å². The molecule has 0 bridgehead atoms. The van der Waals surface area contributed by atoms with Gasteiger partial charge in [-0.1, -0.05) is 42.8 Å². The lowest BCUT2D eigenvalue weighted by Gasteiger charge is -1.98. The molecule has 0 aliphatic rings. The van der Waals surface area contributed by atoms with E-state index in [1.165, 1.54) is 5.56 Å². The first kappa shape index (κ1) is 12.5. The molecular formula is C13H13ClN4. The number of hydrazone groups is 1. The Morgan fingerprint density at radius 2 is 1.94 bits per heavy atom. The van der Waals surface area contributed by atoms with Gasteiger partial charge in [-0.2, -0.15) is 5.10 Å². The summed E-state index contributed by atoms with van der Waals surface area (Å²) in [7, 11) is 0. The van der Waals surface area contributed by atoms with E-state index >= 15 is 0 Å². The number of hydrogen-bond acceptors (Lipinski definition) is 4. The molecule has 1 aromatic carbocycles. The fourth-order valence-electron chi connectivity index (χ4n) is 1.39. The Balaban J connectivity index is 1.96. The van der Waals surface area contributed by atoms with Crippen LogP contribution in [-0.2, 0) is 6.42 Å². The molecule has 0 aliphatic heterocycles. The first-order chi connectivity index (χ1) is 8.78. The fraction of sp³-hybridized carbons (Fsp3) is 0.154. The Bertz CT molecular complexity index is 520. The largest absolute Gasteiger partial charge is 0.260 e. The van der Waals surface area contributed by atoms with Gasteiger partial charge < -0.3 is 0 Å². The monoisotopic (exact) mass is 260 g/mol. The Morgan fingerprint density at radius 1 is 1.17 bits per heavy atom. The highest BCUT2D eigenvalue weighted by atomic mass is 35.5. The van der Waals surface area contributed by atoms with Crippen molar-refractivity contribution < 1.29 is 0 Å². The predicted octanol–water partition coefficient (Wildman–Crippen LogP) is 3.14. The molecular weight excluding hydrogens is 248 g/mol. The second-order valence-corrected chi connectivity index (χ2v) is 4.09. The van der Waals surface area contributed by atoms with Crippen molar-refractivity contribution in [3.05, 3.63) is 52.7 Å². The Morgan fingerprint density at radius 3 is 2.56 bits per heavy atom. The molecule has 0 saturated heterocycles. The molecule has 0 spiro atoms. The van der Waals surface area contributed by atoms with Gasteiger partial charge in [0, 0.05) is 0 Å². The molecule has 1 heterocycles. The molecule has 0 radical (unpaired) electrons. The predicted molar refractivity (Wildman–Crippen MR) is 74.1 cm³/mol. The zero-order chi connectivity index (χ0) is 12.8. The van der Waals surface area contributed by atoms with E-state index in [0.29, 0.717) is 11.0 Å². The summed E-state index contributed by atoms with van der Waals surface area (Å²) in [5, 5.41) is 12.0. The average Bonchev–Trinajstić information content (AvgIpc) is 2.42. The third-order valence-corrected chi connectivity index (χ3v) is 2.61. The smallest absolute Gasteiger partial charge is 0.168 e. The zero-order valence-electron chi connectivity index (χ0n) is 9.97. The van der Waals surface area contributed by atoms with E-state index in [0.717, 1.165) is 12.0 Å². The van der Waals surface area contributed by atoms with Gasteiger partial charge in [0.25, 0.3) is 0 Å². The van der Waals surface area contributed by atoms with Crippen LogP contribution in [0.4, 0.5) is 5.82 Å². The summed E-state index contributed by atoms with van der Waals surface area (Å²) in [5.41, 5.74) is 5.12. The first-order valence-corrected chi connectivity index (χ1v) is 6.03. The summed E-state index contributed by atoms with van der Waals surface area (Å²) in [4.78, 5) is 0. The molecule has 92 valence electrons. The maximum atomic E-state index is 5.63. The van der Waals surface area contributed by atoms with Crippen molar-refractivity contribution >= 4 is 23.6 Å². The molecule has 0 atom stereocenters. The molecule has 0 fully saturated rings. The van der Waals surface area contributed by atoms with Crippen LogP contribution in [-0.4, -0.2) is 16.4 Å². The lowest BCUT2D eigenvalue weighted by Crippen LogP contribution is -1.95. The fourth-order valence-corrected chi connectivity index (χ4v) is 1.49. The topological polar surface area (TPSA) is 50.2 Å². The highest BCUT2D eigenvalue weighted by molar-refractivity contribution is 6.29. The number of hydrogen-bond donors (Lipinski definition) is 1. The van der Waals surface area contributed by atoms with Crippen molar-refractivity contribution in [3.63, 3.8) is 0 Å². The highest BCUT2D eigenvalue weighted by Gasteiger charge is 1.93. The summed E-state index contributed by atoms with van der Waals surface area (Å²) in [6, 6.07) is 11.6. The van der Waals surface area contributed by atoms with Gasteiger partial charge in [0.1, 0.15) is 0 Å². The first-order valence-electron chi connectivity index (χ1n) is 5.65. The minimum absolute atomic E-state index is 0.361. The average molecular weight is 261 g/mol. The van der Waals surface area contributed by atoms with Gasteiger partial charge in [-0.05, 0) is 29.7 Å². The van der Waals surface area contributed by atoms with E-state index in [9.17, 15) is 0 Å². The Hall–Kier alpha value is -1.94. The molecule has 18 heavy (non-hydrogen) atoms. The van der Waals surface area contributed by atoms with Crippen molar-refractivity contribution in [2.24, 2.45) is 5.10 Å². The Kier molecular flexibility index (Phi) is 4.25. The van der Waals surface area contributed by atoms with Gasteiger partial charge >= 0.3 is 0 Å². The van der Waals surface area contributed by atoms with Crippen molar-refractivity contribution in [3.8, 4) is 0 Å². The SMILES string of the molecule is CCc1ccc(/C=N/Nc2ccc(Cl)nn2)cc1. The van der Waals surface area contributed by atoms with Crippen LogP contribution in [0.2, 0.25) is 5.15 Å². The van der Waals surface area contributed by atoms with Crippen LogP contribution in [0.1, 0.15) is 18.1 Å². The quantitative estimate of drug-likeness (QED) is 0.679. The van der Waals surface area contributed by atoms with Gasteiger partial charge in [-0.3, -0.25) is 5.43 Å². The lowest BCUT2D eigenvalue weighted by molar-refractivity contribution is 1.02. The molecule has 0 saturated carbocycles. The van der Waals surface area contributed by atoms with Crippen molar-refractivity contribution in [2.75, 3.05) is 5.43 Å². The summed E-state index contributed by atoms with van der Waals surface area (Å²) in [6.45, 7) is 2.13. The number of halogens is 1. The van der Waals surface area contributed by atoms with Crippen LogP contribution in [0, 0.1) is 0 Å². The third-order valence-electron chi connectivity index (χ3n) is 2.41.